The minimum Gasteiger partial charge on any atom is -0.469 e. The van der Waals surface area contributed by atoms with Gasteiger partial charge < -0.3 is 10.1 Å². The van der Waals surface area contributed by atoms with Crippen molar-refractivity contribution < 1.29 is 14.3 Å². The van der Waals surface area contributed by atoms with Gasteiger partial charge in [-0.2, -0.15) is 0 Å². The zero-order valence-corrected chi connectivity index (χ0v) is 15.3. The predicted octanol–water partition coefficient (Wildman–Crippen LogP) is 3.98. The molecule has 1 atom stereocenters. The van der Waals surface area contributed by atoms with E-state index < -0.39 is 12.0 Å². The molecule has 0 saturated carbocycles. The third-order valence-corrected chi connectivity index (χ3v) is 4.29. The SMILES string of the molecule is COC(=O)CC(NC(=O)c1cccc(I)c1)c1ccccc1Cl. The Morgan fingerprint density at radius 3 is 2.61 bits per heavy atom. The number of carbonyl (C=O) groups excluding carboxylic acids is 2. The molecule has 4 nitrogen and oxygen atoms in total. The summed E-state index contributed by atoms with van der Waals surface area (Å²) in [6.07, 6.45) is 0.00982. The molecule has 0 spiro atoms. The van der Waals surface area contributed by atoms with Crippen LogP contribution >= 0.6 is 34.2 Å². The molecule has 1 amide bonds. The van der Waals surface area contributed by atoms with Gasteiger partial charge >= 0.3 is 5.97 Å². The second-order valence-corrected chi connectivity index (χ2v) is 6.49. The molecule has 0 fully saturated rings. The third-order valence-electron chi connectivity index (χ3n) is 3.27. The quantitative estimate of drug-likeness (QED) is 0.562. The minimum atomic E-state index is -0.554. The average Bonchev–Trinajstić information content (AvgIpc) is 2.54. The Balaban J connectivity index is 2.26. The highest BCUT2D eigenvalue weighted by Crippen LogP contribution is 2.26. The number of benzene rings is 2. The molecule has 0 aliphatic carbocycles. The fourth-order valence-corrected chi connectivity index (χ4v) is 2.93. The number of nitrogens with one attached hydrogen (secondary N) is 1. The lowest BCUT2D eigenvalue weighted by Gasteiger charge is -2.19. The normalized spacial score (nSPS) is 11.6. The number of hydrogen-bond acceptors (Lipinski definition) is 3. The van der Waals surface area contributed by atoms with Crippen molar-refractivity contribution in [2.24, 2.45) is 0 Å². The summed E-state index contributed by atoms with van der Waals surface area (Å²) in [5.41, 5.74) is 1.21. The molecule has 1 N–H and O–H groups in total. The van der Waals surface area contributed by atoms with Gasteiger partial charge in [0.25, 0.3) is 5.91 Å². The van der Waals surface area contributed by atoms with Gasteiger partial charge in [-0.15, -0.1) is 0 Å². The van der Waals surface area contributed by atoms with Gasteiger partial charge in [0, 0.05) is 14.2 Å². The van der Waals surface area contributed by atoms with Crippen LogP contribution in [-0.4, -0.2) is 19.0 Å². The molecule has 0 aliphatic heterocycles. The first-order valence-electron chi connectivity index (χ1n) is 6.89. The Hall–Kier alpha value is -1.60. The van der Waals surface area contributed by atoms with Crippen LogP contribution in [0.25, 0.3) is 0 Å². The minimum absolute atomic E-state index is 0.00982. The lowest BCUT2D eigenvalue weighted by atomic mass is 10.0. The lowest BCUT2D eigenvalue weighted by Crippen LogP contribution is -2.30. The number of methoxy groups -OCH3 is 1. The van der Waals surface area contributed by atoms with E-state index in [1.807, 2.05) is 18.2 Å². The zero-order valence-electron chi connectivity index (χ0n) is 12.4. The Bertz CT molecular complexity index is 720. The van der Waals surface area contributed by atoms with E-state index in [1.165, 1.54) is 7.11 Å². The van der Waals surface area contributed by atoms with Crippen LogP contribution in [0.5, 0.6) is 0 Å². The summed E-state index contributed by atoms with van der Waals surface area (Å²) in [5.74, 6) is -0.685. The zero-order chi connectivity index (χ0) is 16.8. The maximum atomic E-state index is 12.5. The van der Waals surface area contributed by atoms with Gasteiger partial charge in [0.05, 0.1) is 19.6 Å². The standard InChI is InChI=1S/C17H15ClINO3/c1-23-16(21)10-15(13-7-2-3-8-14(13)18)20-17(22)11-5-4-6-12(19)9-11/h2-9,15H,10H2,1H3,(H,20,22). The van der Waals surface area contributed by atoms with Crippen LogP contribution in [0.3, 0.4) is 0 Å². The average molecular weight is 444 g/mol. The van der Waals surface area contributed by atoms with Crippen molar-refractivity contribution in [3.8, 4) is 0 Å². The predicted molar refractivity (Wildman–Crippen MR) is 97.5 cm³/mol. The van der Waals surface area contributed by atoms with Crippen molar-refractivity contribution in [1.82, 2.24) is 5.32 Å². The van der Waals surface area contributed by atoms with Crippen LogP contribution in [0.2, 0.25) is 5.02 Å². The lowest BCUT2D eigenvalue weighted by molar-refractivity contribution is -0.141. The van der Waals surface area contributed by atoms with Crippen LogP contribution in [0.1, 0.15) is 28.4 Å². The van der Waals surface area contributed by atoms with E-state index in [0.29, 0.717) is 16.1 Å². The molecule has 0 radical (unpaired) electrons. The number of rotatable bonds is 5. The van der Waals surface area contributed by atoms with E-state index in [0.717, 1.165) is 3.57 Å². The molecule has 1 unspecified atom stereocenters. The molecule has 6 heteroatoms. The molecule has 0 aromatic heterocycles. The number of amides is 1. The van der Waals surface area contributed by atoms with Gasteiger partial charge in [-0.3, -0.25) is 9.59 Å². The van der Waals surface area contributed by atoms with Gasteiger partial charge in [0.2, 0.25) is 0 Å². The molecule has 2 aromatic rings. The van der Waals surface area contributed by atoms with E-state index in [1.54, 1.807) is 30.3 Å². The highest BCUT2D eigenvalue weighted by Gasteiger charge is 2.21. The first-order chi connectivity index (χ1) is 11.0. The van der Waals surface area contributed by atoms with E-state index in [-0.39, 0.29) is 12.3 Å². The molecule has 0 heterocycles. The summed E-state index contributed by atoms with van der Waals surface area (Å²) in [5, 5.41) is 3.35. The first kappa shape index (κ1) is 17.7. The number of ether oxygens (including phenoxy) is 1. The van der Waals surface area contributed by atoms with Crippen LogP contribution in [0.15, 0.2) is 48.5 Å². The summed E-state index contributed by atoms with van der Waals surface area (Å²) in [6, 6.07) is 13.8. The second-order valence-electron chi connectivity index (χ2n) is 4.84. The van der Waals surface area contributed by atoms with Crippen LogP contribution in [0, 0.1) is 3.57 Å². The molecule has 2 aromatic carbocycles. The van der Waals surface area contributed by atoms with Crippen molar-refractivity contribution in [2.75, 3.05) is 7.11 Å². The first-order valence-corrected chi connectivity index (χ1v) is 8.34. The highest BCUT2D eigenvalue weighted by molar-refractivity contribution is 14.1. The maximum absolute atomic E-state index is 12.5. The third kappa shape index (κ3) is 4.94. The second kappa shape index (κ2) is 8.31. The van der Waals surface area contributed by atoms with Crippen molar-refractivity contribution >= 4 is 46.1 Å². The van der Waals surface area contributed by atoms with E-state index >= 15 is 0 Å². The van der Waals surface area contributed by atoms with Crippen molar-refractivity contribution in [3.05, 3.63) is 68.3 Å². The van der Waals surface area contributed by atoms with Gasteiger partial charge in [-0.05, 0) is 52.4 Å². The molecular formula is C17H15ClINO3. The number of carbonyl (C=O) groups is 2. The topological polar surface area (TPSA) is 55.4 Å². The number of esters is 1. The molecule has 2 rings (SSSR count). The summed E-state index contributed by atoms with van der Waals surface area (Å²) >= 11 is 8.34. The summed E-state index contributed by atoms with van der Waals surface area (Å²) in [7, 11) is 1.31. The molecular weight excluding hydrogens is 429 g/mol. The van der Waals surface area contributed by atoms with Gasteiger partial charge in [-0.1, -0.05) is 35.9 Å². The summed E-state index contributed by atoms with van der Waals surface area (Å²) in [4.78, 5) is 24.1. The molecule has 120 valence electrons. The fraction of sp³-hybridized carbons (Fsp3) is 0.176. The Labute approximate surface area is 153 Å². The van der Waals surface area contributed by atoms with Gasteiger partial charge in [0.1, 0.15) is 0 Å². The Morgan fingerprint density at radius 2 is 1.96 bits per heavy atom. The van der Waals surface area contributed by atoms with Gasteiger partial charge in [0.15, 0.2) is 0 Å². The van der Waals surface area contributed by atoms with E-state index in [4.69, 9.17) is 16.3 Å². The number of halogens is 2. The van der Waals surface area contributed by atoms with Crippen molar-refractivity contribution in [3.63, 3.8) is 0 Å². The summed E-state index contributed by atoms with van der Waals surface area (Å²) < 4.78 is 5.67. The molecule has 0 saturated heterocycles. The molecule has 0 bridgehead atoms. The molecule has 23 heavy (non-hydrogen) atoms. The Kier molecular flexibility index (Phi) is 6.41. The van der Waals surface area contributed by atoms with Crippen LogP contribution < -0.4 is 5.32 Å². The Morgan fingerprint density at radius 1 is 1.22 bits per heavy atom. The number of hydrogen-bond donors (Lipinski definition) is 1. The smallest absolute Gasteiger partial charge is 0.307 e. The molecule has 0 aliphatic rings. The summed E-state index contributed by atoms with van der Waals surface area (Å²) in [6.45, 7) is 0. The van der Waals surface area contributed by atoms with Crippen molar-refractivity contribution in [2.45, 2.75) is 12.5 Å². The van der Waals surface area contributed by atoms with Gasteiger partial charge in [-0.25, -0.2) is 0 Å². The fourth-order valence-electron chi connectivity index (χ4n) is 2.12. The highest BCUT2D eigenvalue weighted by atomic mass is 127. The monoisotopic (exact) mass is 443 g/mol. The van der Waals surface area contributed by atoms with E-state index in [9.17, 15) is 9.59 Å². The van der Waals surface area contributed by atoms with E-state index in [2.05, 4.69) is 27.9 Å². The van der Waals surface area contributed by atoms with Crippen LogP contribution in [-0.2, 0) is 9.53 Å². The maximum Gasteiger partial charge on any atom is 0.307 e. The van der Waals surface area contributed by atoms with Crippen molar-refractivity contribution in [1.29, 1.82) is 0 Å². The van der Waals surface area contributed by atoms with Crippen LogP contribution in [0.4, 0.5) is 0 Å². The largest absolute Gasteiger partial charge is 0.469 e.